The third kappa shape index (κ3) is 16.4. The molecule has 0 saturated heterocycles. The zero-order valence-electron chi connectivity index (χ0n) is 13.9. The van der Waals surface area contributed by atoms with Gasteiger partial charge < -0.3 is 15.5 Å². The topological polar surface area (TPSA) is 69.6 Å². The lowest BCUT2D eigenvalue weighted by Crippen LogP contribution is -2.19. The molecule has 1 amide bonds. The predicted molar refractivity (Wildman–Crippen MR) is 88.6 cm³/mol. The fraction of sp³-hybridized carbons (Fsp3) is 0.588. The summed E-state index contributed by atoms with van der Waals surface area (Å²) < 4.78 is 0. The van der Waals surface area contributed by atoms with Gasteiger partial charge in [0.05, 0.1) is 0 Å². The Morgan fingerprint density at radius 2 is 1.86 bits per heavy atom. The van der Waals surface area contributed by atoms with Crippen LogP contribution in [0.5, 0.6) is 0 Å². The maximum absolute atomic E-state index is 10.1. The summed E-state index contributed by atoms with van der Waals surface area (Å²) in [5, 5.41) is 18.9. The van der Waals surface area contributed by atoms with Gasteiger partial charge in [-0.2, -0.15) is 0 Å². The Bertz CT molecular complexity index is 350. The van der Waals surface area contributed by atoms with Crippen LogP contribution in [-0.2, 0) is 6.54 Å². The van der Waals surface area contributed by atoms with Gasteiger partial charge in [-0.15, -0.1) is 0 Å². The molecular weight excluding hydrogens is 266 g/mol. The molecule has 0 aliphatic carbocycles. The van der Waals surface area contributed by atoms with Gasteiger partial charge in [0, 0.05) is 13.2 Å². The second-order valence-corrected chi connectivity index (χ2v) is 4.43. The van der Waals surface area contributed by atoms with E-state index in [1.165, 1.54) is 19.3 Å². The second kappa shape index (κ2) is 16.5. The van der Waals surface area contributed by atoms with Gasteiger partial charge in [-0.05, 0) is 18.9 Å². The van der Waals surface area contributed by atoms with Crippen LogP contribution in [0.15, 0.2) is 24.3 Å². The average Bonchev–Trinajstić information content (AvgIpc) is 2.49. The minimum Gasteiger partial charge on any atom is -0.465 e. The predicted octanol–water partition coefficient (Wildman–Crippen LogP) is 4.35. The van der Waals surface area contributed by atoms with Gasteiger partial charge in [-0.25, -0.2) is 4.79 Å². The first-order valence-electron chi connectivity index (χ1n) is 7.73. The Labute approximate surface area is 129 Å². The minimum atomic E-state index is -0.989. The molecule has 0 aliphatic rings. The van der Waals surface area contributed by atoms with Crippen LogP contribution in [0.4, 0.5) is 4.79 Å². The lowest BCUT2D eigenvalue weighted by Gasteiger charge is -2.01. The van der Waals surface area contributed by atoms with Crippen LogP contribution in [0.2, 0.25) is 0 Å². The number of amides is 1. The molecule has 21 heavy (non-hydrogen) atoms. The molecule has 0 radical (unpaired) electrons. The number of nitrogens with one attached hydrogen (secondary N) is 1. The van der Waals surface area contributed by atoms with Crippen LogP contribution >= 0.6 is 0 Å². The van der Waals surface area contributed by atoms with Crippen LogP contribution in [0, 0.1) is 6.92 Å². The van der Waals surface area contributed by atoms with E-state index in [0.29, 0.717) is 13.2 Å². The number of aliphatic hydroxyl groups is 1. The molecule has 4 heteroatoms. The molecule has 0 spiro atoms. The third-order valence-corrected chi connectivity index (χ3v) is 2.54. The molecule has 0 aromatic heterocycles. The van der Waals surface area contributed by atoms with Crippen molar-refractivity contribution < 1.29 is 15.0 Å². The van der Waals surface area contributed by atoms with Crippen molar-refractivity contribution in [2.75, 3.05) is 6.61 Å². The van der Waals surface area contributed by atoms with Crippen LogP contribution in [0.3, 0.4) is 0 Å². The highest BCUT2D eigenvalue weighted by Crippen LogP contribution is 2.02. The van der Waals surface area contributed by atoms with Gasteiger partial charge >= 0.3 is 6.09 Å². The number of carbonyl (C=O) groups is 1. The van der Waals surface area contributed by atoms with E-state index in [9.17, 15) is 4.79 Å². The van der Waals surface area contributed by atoms with Crippen molar-refractivity contribution in [2.45, 2.75) is 59.9 Å². The maximum Gasteiger partial charge on any atom is 0.404 e. The van der Waals surface area contributed by atoms with E-state index >= 15 is 0 Å². The molecule has 122 valence electrons. The quantitative estimate of drug-likeness (QED) is 0.684. The number of benzene rings is 1. The molecule has 1 rings (SSSR count). The van der Waals surface area contributed by atoms with Crippen LogP contribution in [0.25, 0.3) is 0 Å². The Balaban J connectivity index is 0. The summed E-state index contributed by atoms with van der Waals surface area (Å²) >= 11 is 0. The van der Waals surface area contributed by atoms with Gasteiger partial charge in [-0.1, -0.05) is 69.9 Å². The van der Waals surface area contributed by atoms with Crippen molar-refractivity contribution in [1.29, 1.82) is 0 Å². The summed E-state index contributed by atoms with van der Waals surface area (Å²) in [4.78, 5) is 10.1. The van der Waals surface area contributed by atoms with Gasteiger partial charge in [0.15, 0.2) is 0 Å². The number of hydrogen-bond acceptors (Lipinski definition) is 2. The van der Waals surface area contributed by atoms with Gasteiger partial charge in [0.2, 0.25) is 0 Å². The van der Waals surface area contributed by atoms with Crippen LogP contribution in [0.1, 0.15) is 57.6 Å². The molecule has 0 atom stereocenters. The molecule has 3 N–H and O–H groups in total. The summed E-state index contributed by atoms with van der Waals surface area (Å²) in [5.74, 6) is 0. The molecule has 4 nitrogen and oxygen atoms in total. The summed E-state index contributed by atoms with van der Waals surface area (Å²) in [6, 6.07) is 7.73. The number of aliphatic hydroxyl groups excluding tert-OH is 1. The molecule has 0 saturated carbocycles. The largest absolute Gasteiger partial charge is 0.465 e. The Kier molecular flexibility index (Phi) is 17.1. The summed E-state index contributed by atoms with van der Waals surface area (Å²) in [5.41, 5.74) is 2.12. The first-order chi connectivity index (χ1) is 10.1. The molecular formula is C17H31NO3. The number of hydrogen-bond donors (Lipinski definition) is 3. The first-order valence-corrected chi connectivity index (χ1v) is 7.73. The van der Waals surface area contributed by atoms with Crippen molar-refractivity contribution in [2.24, 2.45) is 0 Å². The Morgan fingerprint density at radius 3 is 2.33 bits per heavy atom. The van der Waals surface area contributed by atoms with E-state index in [1.54, 1.807) is 0 Å². The Morgan fingerprint density at radius 1 is 1.19 bits per heavy atom. The highest BCUT2D eigenvalue weighted by Gasteiger charge is 1.95. The minimum absolute atomic E-state index is 0.361. The van der Waals surface area contributed by atoms with Gasteiger partial charge in [0.1, 0.15) is 0 Å². The Hall–Kier alpha value is -1.55. The second-order valence-electron chi connectivity index (χ2n) is 4.43. The normalized spacial score (nSPS) is 8.81. The molecule has 0 unspecified atom stereocenters. The molecule has 0 heterocycles. The van der Waals surface area contributed by atoms with E-state index in [0.717, 1.165) is 17.5 Å². The van der Waals surface area contributed by atoms with E-state index in [-0.39, 0.29) is 0 Å². The summed E-state index contributed by atoms with van der Waals surface area (Å²) in [6.45, 7) is 8.87. The third-order valence-electron chi connectivity index (χ3n) is 2.54. The lowest BCUT2D eigenvalue weighted by atomic mass is 10.1. The van der Waals surface area contributed by atoms with E-state index in [1.807, 2.05) is 45.0 Å². The summed E-state index contributed by atoms with van der Waals surface area (Å²) in [7, 11) is 0. The van der Waals surface area contributed by atoms with Crippen molar-refractivity contribution in [3.05, 3.63) is 35.4 Å². The van der Waals surface area contributed by atoms with Crippen molar-refractivity contribution in [3.8, 4) is 0 Å². The molecule has 1 aromatic carbocycles. The van der Waals surface area contributed by atoms with Crippen molar-refractivity contribution in [1.82, 2.24) is 5.32 Å². The number of aryl methyl sites for hydroxylation is 1. The average molecular weight is 297 g/mol. The van der Waals surface area contributed by atoms with Gasteiger partial charge in [0.25, 0.3) is 0 Å². The number of rotatable bonds is 6. The fourth-order valence-corrected chi connectivity index (χ4v) is 1.54. The number of unbranched alkanes of at least 4 members (excludes halogenated alkanes) is 3. The van der Waals surface area contributed by atoms with Crippen molar-refractivity contribution in [3.63, 3.8) is 0 Å². The maximum atomic E-state index is 10.1. The smallest absolute Gasteiger partial charge is 0.404 e. The summed E-state index contributed by atoms with van der Waals surface area (Å²) in [6.07, 6.45) is 3.69. The standard InChI is InChI=1S/C9H11NO2.C6H14O.C2H6/c1-7-3-2-4-8(5-7)6-10-9(11)12;1-2-3-4-5-6-7;1-2/h2-5,10H,6H2,1H3,(H,11,12);7H,2-6H2,1H3;1-2H3. The zero-order valence-corrected chi connectivity index (χ0v) is 13.9. The zero-order chi connectivity index (χ0) is 16.5. The first kappa shape index (κ1) is 21.7. The van der Waals surface area contributed by atoms with E-state index in [4.69, 9.17) is 10.2 Å². The van der Waals surface area contributed by atoms with Gasteiger partial charge in [-0.3, -0.25) is 0 Å². The van der Waals surface area contributed by atoms with E-state index < -0.39 is 6.09 Å². The molecule has 0 aliphatic heterocycles. The molecule has 0 bridgehead atoms. The highest BCUT2D eigenvalue weighted by molar-refractivity contribution is 5.64. The van der Waals surface area contributed by atoms with Crippen LogP contribution in [-0.4, -0.2) is 22.9 Å². The monoisotopic (exact) mass is 297 g/mol. The van der Waals surface area contributed by atoms with Crippen molar-refractivity contribution >= 4 is 6.09 Å². The number of carboxylic acid groups (broad SMARTS) is 1. The van der Waals surface area contributed by atoms with Crippen LogP contribution < -0.4 is 5.32 Å². The lowest BCUT2D eigenvalue weighted by molar-refractivity contribution is 0.194. The van der Waals surface area contributed by atoms with E-state index in [2.05, 4.69) is 12.2 Å². The highest BCUT2D eigenvalue weighted by atomic mass is 16.4. The SMILES string of the molecule is CC.CCCCCCO.Cc1cccc(CNC(=O)O)c1. The molecule has 1 aromatic rings. The molecule has 0 fully saturated rings. The fourth-order valence-electron chi connectivity index (χ4n) is 1.54.